The van der Waals surface area contributed by atoms with E-state index in [1.807, 2.05) is 36.6 Å². The zero-order valence-corrected chi connectivity index (χ0v) is 14.6. The number of pyridine rings is 1. The van der Waals surface area contributed by atoms with Crippen LogP contribution in [-0.2, 0) is 17.9 Å². The Morgan fingerprint density at radius 3 is 2.71 bits per heavy atom. The largest absolute Gasteiger partial charge is 0.389 e. The molecule has 6 heteroatoms. The molecule has 2 heterocycles. The Labute approximate surface area is 141 Å². The van der Waals surface area contributed by atoms with E-state index in [1.54, 1.807) is 13.8 Å². The minimum Gasteiger partial charge on any atom is -0.389 e. The zero-order chi connectivity index (χ0) is 17.5. The maximum atomic E-state index is 10.4. The summed E-state index contributed by atoms with van der Waals surface area (Å²) in [5, 5.41) is 11.4. The monoisotopic (exact) mass is 328 g/mol. The van der Waals surface area contributed by atoms with E-state index in [4.69, 9.17) is 10.5 Å². The van der Waals surface area contributed by atoms with Gasteiger partial charge in [0.25, 0.3) is 0 Å². The molecule has 0 aliphatic carbocycles. The van der Waals surface area contributed by atoms with Crippen LogP contribution in [0.15, 0.2) is 18.2 Å². The van der Waals surface area contributed by atoms with Gasteiger partial charge in [0.15, 0.2) is 5.82 Å². The van der Waals surface area contributed by atoms with E-state index in [-0.39, 0.29) is 0 Å². The first-order chi connectivity index (χ1) is 11.3. The van der Waals surface area contributed by atoms with Gasteiger partial charge in [0.05, 0.1) is 23.2 Å². The molecule has 3 N–H and O–H groups in total. The summed E-state index contributed by atoms with van der Waals surface area (Å²) >= 11 is 0. The second-order valence-corrected chi connectivity index (χ2v) is 6.73. The summed E-state index contributed by atoms with van der Waals surface area (Å²) in [4.78, 5) is 9.16. The number of nitrogens with two attached hydrogens (primary N) is 1. The molecule has 0 atom stereocenters. The molecule has 0 saturated carbocycles. The van der Waals surface area contributed by atoms with Gasteiger partial charge in [0.2, 0.25) is 0 Å². The summed E-state index contributed by atoms with van der Waals surface area (Å²) in [5.74, 6) is 1.15. The van der Waals surface area contributed by atoms with Crippen LogP contribution in [0.2, 0.25) is 0 Å². The van der Waals surface area contributed by atoms with Gasteiger partial charge in [-0.05, 0) is 39.3 Å². The van der Waals surface area contributed by atoms with Crippen LogP contribution in [-0.4, -0.2) is 31.8 Å². The van der Waals surface area contributed by atoms with Crippen LogP contribution < -0.4 is 5.73 Å². The summed E-state index contributed by atoms with van der Waals surface area (Å²) in [7, 11) is 0. The van der Waals surface area contributed by atoms with Gasteiger partial charge in [0, 0.05) is 12.0 Å². The summed E-state index contributed by atoms with van der Waals surface area (Å²) in [6.07, 6.45) is 0. The quantitative estimate of drug-likeness (QED) is 0.752. The lowest BCUT2D eigenvalue weighted by atomic mass is 10.1. The van der Waals surface area contributed by atoms with Gasteiger partial charge < -0.3 is 20.1 Å². The van der Waals surface area contributed by atoms with Crippen molar-refractivity contribution in [3.8, 4) is 0 Å². The van der Waals surface area contributed by atoms with Crippen molar-refractivity contribution in [2.45, 2.75) is 46.4 Å². The first kappa shape index (κ1) is 16.7. The van der Waals surface area contributed by atoms with E-state index in [2.05, 4.69) is 9.97 Å². The third kappa shape index (κ3) is 2.95. The molecule has 3 aromatic rings. The Balaban J connectivity index is 2.38. The van der Waals surface area contributed by atoms with Crippen molar-refractivity contribution in [2.75, 3.05) is 12.3 Å². The highest BCUT2D eigenvalue weighted by atomic mass is 16.5. The molecule has 0 aliphatic heterocycles. The smallest absolute Gasteiger partial charge is 0.152 e. The second kappa shape index (κ2) is 6.03. The molecule has 1 aromatic carbocycles. The second-order valence-electron chi connectivity index (χ2n) is 6.73. The van der Waals surface area contributed by atoms with Gasteiger partial charge in [-0.15, -0.1) is 0 Å². The fourth-order valence-corrected chi connectivity index (χ4v) is 3.03. The highest BCUT2D eigenvalue weighted by Gasteiger charge is 2.23. The van der Waals surface area contributed by atoms with E-state index in [0.29, 0.717) is 31.1 Å². The first-order valence-corrected chi connectivity index (χ1v) is 8.16. The molecule has 0 amide bonds. The summed E-state index contributed by atoms with van der Waals surface area (Å²) in [6.45, 7) is 8.92. The maximum Gasteiger partial charge on any atom is 0.152 e. The van der Waals surface area contributed by atoms with Gasteiger partial charge in [-0.1, -0.05) is 12.1 Å². The normalized spacial score (nSPS) is 12.4. The SMILES string of the molecule is CCOCc1nc2c(N)nc3cccc(C)c3c2n1CC(C)(C)O. The lowest BCUT2D eigenvalue weighted by Crippen LogP contribution is -2.27. The fraction of sp³-hybridized carbons (Fsp3) is 0.444. The molecule has 0 fully saturated rings. The van der Waals surface area contributed by atoms with E-state index >= 15 is 0 Å². The van der Waals surface area contributed by atoms with Crippen molar-refractivity contribution in [1.29, 1.82) is 0 Å². The molecular formula is C18H24N4O2. The van der Waals surface area contributed by atoms with Crippen LogP contribution in [0.3, 0.4) is 0 Å². The number of hydrogen-bond acceptors (Lipinski definition) is 5. The summed E-state index contributed by atoms with van der Waals surface area (Å²) in [5.41, 5.74) is 8.78. The Morgan fingerprint density at radius 2 is 2.04 bits per heavy atom. The number of nitrogen functional groups attached to an aromatic ring is 1. The molecule has 24 heavy (non-hydrogen) atoms. The zero-order valence-electron chi connectivity index (χ0n) is 14.6. The highest BCUT2D eigenvalue weighted by molar-refractivity contribution is 6.08. The molecular weight excluding hydrogens is 304 g/mol. The number of aryl methyl sites for hydroxylation is 1. The number of nitrogens with zero attached hydrogens (tertiary/aromatic N) is 3. The number of hydrogen-bond donors (Lipinski definition) is 2. The van der Waals surface area contributed by atoms with Crippen molar-refractivity contribution < 1.29 is 9.84 Å². The minimum atomic E-state index is -0.887. The Morgan fingerprint density at radius 1 is 1.29 bits per heavy atom. The first-order valence-electron chi connectivity index (χ1n) is 8.16. The van der Waals surface area contributed by atoms with E-state index in [0.717, 1.165) is 27.8 Å². The molecule has 2 aromatic heterocycles. The van der Waals surface area contributed by atoms with Crippen molar-refractivity contribution in [3.63, 3.8) is 0 Å². The number of aliphatic hydroxyl groups is 1. The lowest BCUT2D eigenvalue weighted by molar-refractivity contribution is 0.0582. The average Bonchev–Trinajstić information content (AvgIpc) is 2.83. The lowest BCUT2D eigenvalue weighted by Gasteiger charge is -2.21. The van der Waals surface area contributed by atoms with Crippen LogP contribution >= 0.6 is 0 Å². The van der Waals surface area contributed by atoms with Gasteiger partial charge >= 0.3 is 0 Å². The summed E-state index contributed by atoms with van der Waals surface area (Å²) in [6, 6.07) is 5.96. The van der Waals surface area contributed by atoms with Gasteiger partial charge in [-0.25, -0.2) is 9.97 Å². The van der Waals surface area contributed by atoms with Crippen LogP contribution in [0.1, 0.15) is 32.2 Å². The molecule has 0 unspecified atom stereocenters. The average molecular weight is 328 g/mol. The number of aromatic nitrogens is 3. The molecule has 0 aliphatic rings. The van der Waals surface area contributed by atoms with E-state index < -0.39 is 5.60 Å². The van der Waals surface area contributed by atoms with Gasteiger partial charge in [-0.3, -0.25) is 0 Å². The van der Waals surface area contributed by atoms with Crippen LogP contribution in [0.25, 0.3) is 21.9 Å². The molecule has 128 valence electrons. The maximum absolute atomic E-state index is 10.4. The van der Waals surface area contributed by atoms with Gasteiger partial charge in [-0.2, -0.15) is 0 Å². The van der Waals surface area contributed by atoms with Crippen LogP contribution in [0.5, 0.6) is 0 Å². The number of imidazole rings is 1. The van der Waals surface area contributed by atoms with Gasteiger partial charge in [0.1, 0.15) is 17.9 Å². The molecule has 0 radical (unpaired) electrons. The number of rotatable bonds is 5. The molecule has 3 rings (SSSR count). The molecule has 0 spiro atoms. The topological polar surface area (TPSA) is 86.2 Å². The van der Waals surface area contributed by atoms with Crippen LogP contribution in [0.4, 0.5) is 5.82 Å². The summed E-state index contributed by atoms with van der Waals surface area (Å²) < 4.78 is 7.57. The van der Waals surface area contributed by atoms with Crippen molar-refractivity contribution in [2.24, 2.45) is 0 Å². The van der Waals surface area contributed by atoms with Crippen molar-refractivity contribution in [3.05, 3.63) is 29.6 Å². The number of anilines is 1. The van der Waals surface area contributed by atoms with Crippen LogP contribution in [0, 0.1) is 6.92 Å². The minimum absolute atomic E-state index is 0.369. The Bertz CT molecular complexity index is 894. The Kier molecular flexibility index (Phi) is 4.19. The van der Waals surface area contributed by atoms with E-state index in [9.17, 15) is 5.11 Å². The van der Waals surface area contributed by atoms with Crippen molar-refractivity contribution in [1.82, 2.24) is 14.5 Å². The third-order valence-electron chi connectivity index (χ3n) is 4.00. The van der Waals surface area contributed by atoms with E-state index in [1.165, 1.54) is 0 Å². The van der Waals surface area contributed by atoms with Crippen molar-refractivity contribution >= 4 is 27.8 Å². The predicted octanol–water partition coefficient (Wildman–Crippen LogP) is 2.78. The molecule has 6 nitrogen and oxygen atoms in total. The fourth-order valence-electron chi connectivity index (χ4n) is 3.03. The molecule has 0 bridgehead atoms. The number of ether oxygens (including phenoxy) is 1. The number of fused-ring (bicyclic) bond motifs is 3. The predicted molar refractivity (Wildman–Crippen MR) is 95.8 cm³/mol. The number of benzene rings is 1. The Hall–Kier alpha value is -2.18. The third-order valence-corrected chi connectivity index (χ3v) is 4.00. The highest BCUT2D eigenvalue weighted by Crippen LogP contribution is 2.32. The molecule has 0 saturated heterocycles. The standard InChI is InChI=1S/C18H24N4O2/c1-5-24-9-13-21-15-16(22(13)10-18(3,4)23)14-11(2)7-6-8-12(14)20-17(15)19/h6-8,23H,5,9-10H2,1-4H3,(H2,19,20).